The highest BCUT2D eigenvalue weighted by Gasteiger charge is 2.16. The van der Waals surface area contributed by atoms with Crippen molar-refractivity contribution in [2.45, 2.75) is 26.3 Å². The summed E-state index contributed by atoms with van der Waals surface area (Å²) in [6.07, 6.45) is 0.810. The lowest BCUT2D eigenvalue weighted by Gasteiger charge is -2.10. The Morgan fingerprint density at radius 2 is 2.24 bits per heavy atom. The van der Waals surface area contributed by atoms with Crippen LogP contribution in [0.25, 0.3) is 11.0 Å². The van der Waals surface area contributed by atoms with Crippen LogP contribution in [0.3, 0.4) is 0 Å². The van der Waals surface area contributed by atoms with E-state index in [1.807, 2.05) is 13.8 Å². The van der Waals surface area contributed by atoms with Crippen LogP contribution in [0.1, 0.15) is 36.7 Å². The van der Waals surface area contributed by atoms with E-state index in [1.54, 1.807) is 16.7 Å². The number of carbonyl (C=O) groups is 1. The predicted octanol–water partition coefficient (Wildman–Crippen LogP) is 2.00. The van der Waals surface area contributed by atoms with Crippen LogP contribution in [0.5, 0.6) is 0 Å². The number of aromatic amines is 1. The molecular formula is C12H14N2O3. The third-order valence-electron chi connectivity index (χ3n) is 3.01. The fourth-order valence-electron chi connectivity index (χ4n) is 1.95. The van der Waals surface area contributed by atoms with Gasteiger partial charge in [0.1, 0.15) is 0 Å². The van der Waals surface area contributed by atoms with E-state index in [4.69, 9.17) is 5.11 Å². The van der Waals surface area contributed by atoms with E-state index in [9.17, 15) is 9.59 Å². The van der Waals surface area contributed by atoms with Crippen LogP contribution >= 0.6 is 0 Å². The van der Waals surface area contributed by atoms with Gasteiger partial charge in [0.25, 0.3) is 0 Å². The summed E-state index contributed by atoms with van der Waals surface area (Å²) < 4.78 is 1.60. The first-order valence-corrected chi connectivity index (χ1v) is 5.52. The number of aromatic nitrogens is 2. The van der Waals surface area contributed by atoms with Crippen LogP contribution in [-0.4, -0.2) is 20.6 Å². The third-order valence-corrected chi connectivity index (χ3v) is 3.01. The number of para-hydroxylation sites is 1. The minimum absolute atomic E-state index is 0.0419. The Balaban J connectivity index is 2.81. The van der Waals surface area contributed by atoms with Gasteiger partial charge in [0.2, 0.25) is 0 Å². The van der Waals surface area contributed by atoms with Gasteiger partial charge < -0.3 is 10.1 Å². The average molecular weight is 234 g/mol. The molecule has 90 valence electrons. The van der Waals surface area contributed by atoms with E-state index in [-0.39, 0.29) is 17.3 Å². The Kier molecular flexibility index (Phi) is 2.75. The number of benzene rings is 1. The molecule has 0 aliphatic heterocycles. The van der Waals surface area contributed by atoms with Crippen molar-refractivity contribution in [3.8, 4) is 0 Å². The summed E-state index contributed by atoms with van der Waals surface area (Å²) in [5, 5.41) is 9.05. The lowest BCUT2D eigenvalue weighted by Crippen LogP contribution is -2.19. The van der Waals surface area contributed by atoms with Crippen LogP contribution in [-0.2, 0) is 0 Å². The molecule has 2 N–H and O–H groups in total. The number of carboxylic acids is 1. The molecule has 2 aromatic rings. The van der Waals surface area contributed by atoms with Gasteiger partial charge in [-0.25, -0.2) is 9.59 Å². The third kappa shape index (κ3) is 1.73. The van der Waals surface area contributed by atoms with Crippen molar-refractivity contribution in [1.82, 2.24) is 9.55 Å². The van der Waals surface area contributed by atoms with Gasteiger partial charge in [-0.2, -0.15) is 0 Å². The number of fused-ring (bicyclic) bond motifs is 1. The Morgan fingerprint density at radius 3 is 2.82 bits per heavy atom. The number of rotatable bonds is 3. The molecule has 1 heterocycles. The fourth-order valence-corrected chi connectivity index (χ4v) is 1.95. The van der Waals surface area contributed by atoms with Crippen LogP contribution < -0.4 is 5.69 Å². The summed E-state index contributed by atoms with van der Waals surface area (Å²) in [6, 6.07) is 4.94. The monoisotopic (exact) mass is 234 g/mol. The highest BCUT2D eigenvalue weighted by Crippen LogP contribution is 2.19. The normalized spacial score (nSPS) is 12.8. The van der Waals surface area contributed by atoms with E-state index in [0.29, 0.717) is 11.0 Å². The lowest BCUT2D eigenvalue weighted by molar-refractivity contribution is 0.0699. The van der Waals surface area contributed by atoms with Crippen molar-refractivity contribution in [3.05, 3.63) is 34.2 Å². The lowest BCUT2D eigenvalue weighted by atomic mass is 10.1. The number of hydrogen-bond donors (Lipinski definition) is 2. The SMILES string of the molecule is CCC(C)n1c(=O)[nH]c2c(C(=O)O)cccc21. The zero-order valence-corrected chi connectivity index (χ0v) is 9.73. The Hall–Kier alpha value is -2.04. The molecule has 0 aliphatic carbocycles. The quantitative estimate of drug-likeness (QED) is 0.852. The summed E-state index contributed by atoms with van der Waals surface area (Å²) in [5.74, 6) is -1.03. The smallest absolute Gasteiger partial charge is 0.337 e. The number of aromatic carboxylic acids is 1. The Morgan fingerprint density at radius 1 is 1.53 bits per heavy atom. The van der Waals surface area contributed by atoms with Gasteiger partial charge in [-0.1, -0.05) is 13.0 Å². The second-order valence-electron chi connectivity index (χ2n) is 4.06. The first kappa shape index (κ1) is 11.4. The number of hydrogen-bond acceptors (Lipinski definition) is 2. The van der Waals surface area contributed by atoms with Crippen molar-refractivity contribution in [2.75, 3.05) is 0 Å². The molecule has 1 atom stereocenters. The minimum Gasteiger partial charge on any atom is -0.478 e. The summed E-state index contributed by atoms with van der Waals surface area (Å²) in [6.45, 7) is 3.92. The number of nitrogens with one attached hydrogen (secondary N) is 1. The van der Waals surface area contributed by atoms with E-state index in [2.05, 4.69) is 4.98 Å². The zero-order chi connectivity index (χ0) is 12.6. The molecule has 0 bridgehead atoms. The molecule has 0 saturated heterocycles. The van der Waals surface area contributed by atoms with Gasteiger partial charge in [0.15, 0.2) is 0 Å². The fraction of sp³-hybridized carbons (Fsp3) is 0.333. The summed E-state index contributed by atoms with van der Waals surface area (Å²) in [4.78, 5) is 25.5. The molecule has 0 spiro atoms. The highest BCUT2D eigenvalue weighted by atomic mass is 16.4. The largest absolute Gasteiger partial charge is 0.478 e. The number of imidazole rings is 1. The van der Waals surface area contributed by atoms with Gasteiger partial charge in [0.05, 0.1) is 16.6 Å². The maximum Gasteiger partial charge on any atom is 0.337 e. The maximum absolute atomic E-state index is 11.8. The Bertz CT molecular complexity index is 624. The molecule has 0 fully saturated rings. The molecule has 0 radical (unpaired) electrons. The molecule has 1 aromatic heterocycles. The molecule has 1 unspecified atom stereocenters. The standard InChI is InChI=1S/C12H14N2O3/c1-3-7(2)14-9-6-4-5-8(11(15)16)10(9)13-12(14)17/h4-7H,3H2,1-2H3,(H,13,17)(H,15,16). The molecule has 0 amide bonds. The van der Waals surface area contributed by atoms with Crippen LogP contribution in [0, 0.1) is 0 Å². The highest BCUT2D eigenvalue weighted by molar-refractivity contribution is 6.00. The molecule has 5 heteroatoms. The molecule has 1 aromatic carbocycles. The van der Waals surface area contributed by atoms with E-state index >= 15 is 0 Å². The van der Waals surface area contributed by atoms with Crippen molar-refractivity contribution in [2.24, 2.45) is 0 Å². The molecule has 0 aliphatic rings. The second kappa shape index (κ2) is 4.08. The topological polar surface area (TPSA) is 75.1 Å². The molecular weight excluding hydrogens is 220 g/mol. The maximum atomic E-state index is 11.8. The van der Waals surface area contributed by atoms with Gasteiger partial charge >= 0.3 is 11.7 Å². The second-order valence-corrected chi connectivity index (χ2v) is 4.06. The molecule has 0 saturated carbocycles. The zero-order valence-electron chi connectivity index (χ0n) is 9.73. The van der Waals surface area contributed by atoms with E-state index in [1.165, 1.54) is 6.07 Å². The van der Waals surface area contributed by atoms with Gasteiger partial charge in [-0.3, -0.25) is 4.57 Å². The van der Waals surface area contributed by atoms with E-state index in [0.717, 1.165) is 6.42 Å². The average Bonchev–Trinajstić information content (AvgIpc) is 2.63. The summed E-state index contributed by atoms with van der Waals surface area (Å²) in [7, 11) is 0. The van der Waals surface area contributed by atoms with Crippen molar-refractivity contribution in [1.29, 1.82) is 0 Å². The van der Waals surface area contributed by atoms with Crippen LogP contribution in [0.2, 0.25) is 0 Å². The first-order chi connectivity index (χ1) is 8.06. The van der Waals surface area contributed by atoms with Crippen molar-refractivity contribution < 1.29 is 9.90 Å². The number of H-pyrrole nitrogens is 1. The number of carboxylic acid groups (broad SMARTS) is 1. The molecule has 17 heavy (non-hydrogen) atoms. The minimum atomic E-state index is -1.03. The first-order valence-electron chi connectivity index (χ1n) is 5.52. The summed E-state index contributed by atoms with van der Waals surface area (Å²) in [5.41, 5.74) is 0.902. The van der Waals surface area contributed by atoms with Crippen molar-refractivity contribution >= 4 is 17.0 Å². The Labute approximate surface area is 97.7 Å². The van der Waals surface area contributed by atoms with Crippen LogP contribution in [0.4, 0.5) is 0 Å². The van der Waals surface area contributed by atoms with E-state index < -0.39 is 5.97 Å². The van der Waals surface area contributed by atoms with Crippen molar-refractivity contribution in [3.63, 3.8) is 0 Å². The van der Waals surface area contributed by atoms with Crippen LogP contribution in [0.15, 0.2) is 23.0 Å². The predicted molar refractivity (Wildman–Crippen MR) is 64.5 cm³/mol. The molecule has 2 rings (SSSR count). The van der Waals surface area contributed by atoms with Gasteiger partial charge in [0, 0.05) is 6.04 Å². The summed E-state index contributed by atoms with van der Waals surface area (Å²) >= 11 is 0. The number of nitrogens with zero attached hydrogens (tertiary/aromatic N) is 1. The van der Waals surface area contributed by atoms with Gasteiger partial charge in [-0.05, 0) is 25.5 Å². The van der Waals surface area contributed by atoms with Gasteiger partial charge in [-0.15, -0.1) is 0 Å². The molecule has 5 nitrogen and oxygen atoms in total.